The minimum Gasteiger partial charge on any atom is -0.233 e. The standard InChI is InChI=1S/C11H19IO2/c1-11(8-12)7-6-9-4-2-3-5-10(9)13-14-11/h9-10H,2-8H2,1H3. The van der Waals surface area contributed by atoms with E-state index in [1.165, 1.54) is 32.1 Å². The van der Waals surface area contributed by atoms with Crippen LogP contribution in [-0.4, -0.2) is 16.1 Å². The predicted molar refractivity (Wildman–Crippen MR) is 64.4 cm³/mol. The predicted octanol–water partition coefficient (Wildman–Crippen LogP) is 3.48. The van der Waals surface area contributed by atoms with Crippen molar-refractivity contribution in [2.75, 3.05) is 4.43 Å². The summed E-state index contributed by atoms with van der Waals surface area (Å²) in [4.78, 5) is 11.2. The molecule has 1 heterocycles. The Hall–Kier alpha value is 0.650. The van der Waals surface area contributed by atoms with Gasteiger partial charge in [0.15, 0.2) is 0 Å². The Morgan fingerprint density at radius 3 is 2.86 bits per heavy atom. The van der Waals surface area contributed by atoms with Gasteiger partial charge in [-0.15, -0.1) is 0 Å². The second-order valence-electron chi connectivity index (χ2n) is 4.88. The molecule has 0 amide bonds. The van der Waals surface area contributed by atoms with Gasteiger partial charge in [-0.25, -0.2) is 9.78 Å². The largest absolute Gasteiger partial charge is 0.233 e. The molecule has 1 aliphatic heterocycles. The molecule has 2 aliphatic rings. The smallest absolute Gasteiger partial charge is 0.110 e. The van der Waals surface area contributed by atoms with E-state index in [2.05, 4.69) is 29.5 Å². The van der Waals surface area contributed by atoms with E-state index in [9.17, 15) is 0 Å². The topological polar surface area (TPSA) is 18.5 Å². The highest BCUT2D eigenvalue weighted by Gasteiger charge is 2.36. The van der Waals surface area contributed by atoms with Gasteiger partial charge in [0.25, 0.3) is 0 Å². The minimum atomic E-state index is -0.0437. The van der Waals surface area contributed by atoms with Gasteiger partial charge in [-0.1, -0.05) is 35.4 Å². The first-order valence-electron chi connectivity index (χ1n) is 5.64. The molecule has 1 saturated carbocycles. The van der Waals surface area contributed by atoms with E-state index in [1.54, 1.807) is 0 Å². The Balaban J connectivity index is 1.98. The zero-order valence-electron chi connectivity index (χ0n) is 8.80. The summed E-state index contributed by atoms with van der Waals surface area (Å²) < 4.78 is 1.02. The third-order valence-corrected chi connectivity index (χ3v) is 5.15. The summed E-state index contributed by atoms with van der Waals surface area (Å²) in [7, 11) is 0. The van der Waals surface area contributed by atoms with Crippen LogP contribution in [0, 0.1) is 5.92 Å². The second-order valence-corrected chi connectivity index (χ2v) is 5.65. The van der Waals surface area contributed by atoms with Crippen LogP contribution in [0.5, 0.6) is 0 Å². The van der Waals surface area contributed by atoms with Crippen LogP contribution in [0.3, 0.4) is 0 Å². The highest BCUT2D eigenvalue weighted by Crippen LogP contribution is 2.37. The van der Waals surface area contributed by atoms with Gasteiger partial charge in [0.1, 0.15) is 5.60 Å². The van der Waals surface area contributed by atoms with Gasteiger partial charge in [0.2, 0.25) is 0 Å². The minimum absolute atomic E-state index is 0.0437. The fraction of sp³-hybridized carbons (Fsp3) is 1.00. The lowest BCUT2D eigenvalue weighted by atomic mass is 9.82. The van der Waals surface area contributed by atoms with Crippen LogP contribution in [0.1, 0.15) is 45.4 Å². The van der Waals surface area contributed by atoms with Crippen molar-refractivity contribution in [3.63, 3.8) is 0 Å². The first kappa shape index (κ1) is 11.1. The molecule has 2 fully saturated rings. The molecule has 3 unspecified atom stereocenters. The molecule has 0 radical (unpaired) electrons. The van der Waals surface area contributed by atoms with E-state index in [0.29, 0.717) is 6.10 Å². The fourth-order valence-corrected chi connectivity index (χ4v) is 2.94. The molecule has 2 nitrogen and oxygen atoms in total. The molecule has 3 heteroatoms. The van der Waals surface area contributed by atoms with Crippen molar-refractivity contribution >= 4 is 22.6 Å². The van der Waals surface area contributed by atoms with Gasteiger partial charge in [-0.3, -0.25) is 0 Å². The van der Waals surface area contributed by atoms with Crippen molar-refractivity contribution in [1.29, 1.82) is 0 Å². The Bertz CT molecular complexity index is 180. The maximum atomic E-state index is 5.61. The van der Waals surface area contributed by atoms with Crippen LogP contribution in [-0.2, 0) is 9.78 Å². The number of rotatable bonds is 1. The van der Waals surface area contributed by atoms with Crippen LogP contribution in [0.25, 0.3) is 0 Å². The summed E-state index contributed by atoms with van der Waals surface area (Å²) in [6.45, 7) is 2.16. The molecule has 2 rings (SSSR count). The summed E-state index contributed by atoms with van der Waals surface area (Å²) in [6, 6.07) is 0. The fourth-order valence-electron chi connectivity index (χ4n) is 2.43. The molecule has 82 valence electrons. The van der Waals surface area contributed by atoms with Gasteiger partial charge >= 0.3 is 0 Å². The van der Waals surface area contributed by atoms with E-state index in [-0.39, 0.29) is 5.60 Å². The Kier molecular flexibility index (Phi) is 3.71. The van der Waals surface area contributed by atoms with Gasteiger partial charge in [0.05, 0.1) is 6.10 Å². The van der Waals surface area contributed by atoms with Crippen LogP contribution < -0.4 is 0 Å². The number of alkyl halides is 1. The first-order valence-corrected chi connectivity index (χ1v) is 7.16. The molecule has 1 saturated heterocycles. The molecule has 3 atom stereocenters. The maximum Gasteiger partial charge on any atom is 0.110 e. The van der Waals surface area contributed by atoms with Crippen LogP contribution in [0.2, 0.25) is 0 Å². The third-order valence-electron chi connectivity index (χ3n) is 3.54. The van der Waals surface area contributed by atoms with Crippen molar-refractivity contribution < 1.29 is 9.78 Å². The normalized spacial score (nSPS) is 44.1. The molecule has 0 bridgehead atoms. The highest BCUT2D eigenvalue weighted by molar-refractivity contribution is 14.1. The Morgan fingerprint density at radius 1 is 1.29 bits per heavy atom. The quantitative estimate of drug-likeness (QED) is 0.419. The highest BCUT2D eigenvalue weighted by atomic mass is 127. The maximum absolute atomic E-state index is 5.61. The number of halogens is 1. The van der Waals surface area contributed by atoms with E-state index in [1.807, 2.05) is 0 Å². The number of fused-ring (bicyclic) bond motifs is 1. The molecule has 0 N–H and O–H groups in total. The lowest BCUT2D eigenvalue weighted by molar-refractivity contribution is -0.375. The molecule has 0 aromatic rings. The summed E-state index contributed by atoms with van der Waals surface area (Å²) in [5.74, 6) is 0.758. The summed E-state index contributed by atoms with van der Waals surface area (Å²) in [5, 5.41) is 0. The average Bonchev–Trinajstić information content (AvgIpc) is 2.40. The zero-order chi connectivity index (χ0) is 10.0. The van der Waals surface area contributed by atoms with Crippen molar-refractivity contribution in [1.82, 2.24) is 0 Å². The van der Waals surface area contributed by atoms with Crippen molar-refractivity contribution in [2.45, 2.75) is 57.2 Å². The van der Waals surface area contributed by atoms with E-state index >= 15 is 0 Å². The third kappa shape index (κ3) is 2.42. The van der Waals surface area contributed by atoms with Gasteiger partial charge in [0, 0.05) is 4.43 Å². The molecular formula is C11H19IO2. The van der Waals surface area contributed by atoms with Gasteiger partial charge < -0.3 is 0 Å². The molecule has 14 heavy (non-hydrogen) atoms. The molecule has 0 spiro atoms. The van der Waals surface area contributed by atoms with Crippen molar-refractivity contribution in [3.05, 3.63) is 0 Å². The van der Waals surface area contributed by atoms with Gasteiger partial charge in [-0.2, -0.15) is 0 Å². The lowest BCUT2D eigenvalue weighted by Gasteiger charge is -2.27. The van der Waals surface area contributed by atoms with Gasteiger partial charge in [-0.05, 0) is 38.5 Å². The van der Waals surface area contributed by atoms with E-state index in [4.69, 9.17) is 9.78 Å². The monoisotopic (exact) mass is 310 g/mol. The summed E-state index contributed by atoms with van der Waals surface area (Å²) in [6.07, 6.45) is 8.04. The van der Waals surface area contributed by atoms with Crippen LogP contribution >= 0.6 is 22.6 Å². The number of hydrogen-bond acceptors (Lipinski definition) is 2. The molecule has 0 aromatic heterocycles. The average molecular weight is 310 g/mol. The Morgan fingerprint density at radius 2 is 2.07 bits per heavy atom. The van der Waals surface area contributed by atoms with E-state index < -0.39 is 0 Å². The summed E-state index contributed by atoms with van der Waals surface area (Å²) >= 11 is 2.39. The molecular weight excluding hydrogens is 291 g/mol. The van der Waals surface area contributed by atoms with Crippen molar-refractivity contribution in [2.24, 2.45) is 5.92 Å². The molecule has 0 aromatic carbocycles. The van der Waals surface area contributed by atoms with Crippen LogP contribution in [0.15, 0.2) is 0 Å². The summed E-state index contributed by atoms with van der Waals surface area (Å²) in [5.41, 5.74) is -0.0437. The lowest BCUT2D eigenvalue weighted by Crippen LogP contribution is -2.30. The first-order chi connectivity index (χ1) is 6.73. The Labute approximate surface area is 99.8 Å². The molecule has 1 aliphatic carbocycles. The second kappa shape index (κ2) is 4.66. The number of hydrogen-bond donors (Lipinski definition) is 0. The SMILES string of the molecule is CC1(CI)CCC2CCCCC2OO1. The van der Waals surface area contributed by atoms with E-state index in [0.717, 1.165) is 16.8 Å². The van der Waals surface area contributed by atoms with Crippen LogP contribution in [0.4, 0.5) is 0 Å². The van der Waals surface area contributed by atoms with Crippen molar-refractivity contribution in [3.8, 4) is 0 Å². The zero-order valence-corrected chi connectivity index (χ0v) is 11.0.